The largest absolute Gasteiger partial charge is 0.384 e. The van der Waals surface area contributed by atoms with E-state index in [1.165, 1.54) is 4.70 Å². The summed E-state index contributed by atoms with van der Waals surface area (Å²) >= 11 is 1.72. The van der Waals surface area contributed by atoms with Crippen LogP contribution >= 0.6 is 11.3 Å². The van der Waals surface area contributed by atoms with Crippen molar-refractivity contribution in [3.63, 3.8) is 0 Å². The third-order valence-electron chi connectivity index (χ3n) is 3.93. The molecular formula is C15H17N5OS. The van der Waals surface area contributed by atoms with Gasteiger partial charge < -0.3 is 10.0 Å². The molecule has 0 unspecified atom stereocenters. The van der Waals surface area contributed by atoms with Gasteiger partial charge in [-0.2, -0.15) is 0 Å². The Kier molecular flexibility index (Phi) is 2.95. The minimum absolute atomic E-state index is 0.288. The number of anilines is 1. The van der Waals surface area contributed by atoms with Gasteiger partial charge in [0, 0.05) is 13.1 Å². The molecule has 1 saturated heterocycles. The molecule has 0 saturated carbocycles. The molecule has 7 heteroatoms. The van der Waals surface area contributed by atoms with Gasteiger partial charge in [-0.05, 0) is 26.0 Å². The van der Waals surface area contributed by atoms with E-state index in [1.54, 1.807) is 25.2 Å². The maximum Gasteiger partial charge on any atom is 0.186 e. The van der Waals surface area contributed by atoms with Crippen molar-refractivity contribution in [2.45, 2.75) is 25.5 Å². The van der Waals surface area contributed by atoms with E-state index in [-0.39, 0.29) is 6.04 Å². The highest BCUT2D eigenvalue weighted by Crippen LogP contribution is 2.34. The van der Waals surface area contributed by atoms with E-state index in [2.05, 4.69) is 26.3 Å². The van der Waals surface area contributed by atoms with E-state index in [0.29, 0.717) is 5.69 Å². The molecule has 1 aliphatic rings. The highest BCUT2D eigenvalue weighted by Gasteiger charge is 2.32. The Hall–Kier alpha value is -1.99. The summed E-state index contributed by atoms with van der Waals surface area (Å²) in [6, 6.07) is 8.48. The fraction of sp³-hybridized carbons (Fsp3) is 0.400. The molecule has 6 nitrogen and oxygen atoms in total. The lowest BCUT2D eigenvalue weighted by Gasteiger charge is -2.38. The number of aliphatic hydroxyl groups is 1. The van der Waals surface area contributed by atoms with Crippen LogP contribution in [0, 0.1) is 0 Å². The number of nitrogens with zero attached hydrogens (tertiary/aromatic N) is 5. The zero-order valence-corrected chi connectivity index (χ0v) is 13.3. The number of fused-ring (bicyclic) bond motifs is 1. The predicted octanol–water partition coefficient (Wildman–Crippen LogP) is 2.18. The molecule has 4 rings (SSSR count). The minimum atomic E-state index is -0.950. The summed E-state index contributed by atoms with van der Waals surface area (Å²) in [6.45, 7) is 5.17. The van der Waals surface area contributed by atoms with E-state index in [1.807, 2.05) is 29.1 Å². The molecule has 2 aromatic heterocycles. The van der Waals surface area contributed by atoms with Gasteiger partial charge in [0.25, 0.3) is 0 Å². The molecule has 0 spiro atoms. The van der Waals surface area contributed by atoms with Crippen LogP contribution in [0.25, 0.3) is 10.2 Å². The van der Waals surface area contributed by atoms with Crippen molar-refractivity contribution in [3.05, 3.63) is 36.2 Å². The summed E-state index contributed by atoms with van der Waals surface area (Å²) in [5.74, 6) is 0. The summed E-state index contributed by atoms with van der Waals surface area (Å²) in [4.78, 5) is 6.92. The van der Waals surface area contributed by atoms with E-state index >= 15 is 0 Å². The normalized spacial score (nSPS) is 16.2. The second-order valence-electron chi connectivity index (χ2n) is 6.17. The summed E-state index contributed by atoms with van der Waals surface area (Å²) in [6.07, 6.45) is 1.83. The molecule has 22 heavy (non-hydrogen) atoms. The molecule has 1 N–H and O–H groups in total. The van der Waals surface area contributed by atoms with Crippen molar-refractivity contribution < 1.29 is 5.11 Å². The Labute approximate surface area is 132 Å². The van der Waals surface area contributed by atoms with Gasteiger partial charge in [-0.3, -0.25) is 0 Å². The van der Waals surface area contributed by atoms with Gasteiger partial charge in [-0.25, -0.2) is 9.67 Å². The van der Waals surface area contributed by atoms with Crippen molar-refractivity contribution >= 4 is 26.7 Å². The molecule has 0 amide bonds. The average Bonchev–Trinajstić information content (AvgIpc) is 3.02. The number of thiazole rings is 1. The van der Waals surface area contributed by atoms with Crippen LogP contribution in [0.2, 0.25) is 0 Å². The van der Waals surface area contributed by atoms with E-state index in [0.717, 1.165) is 23.7 Å². The van der Waals surface area contributed by atoms with Crippen LogP contribution in [0.5, 0.6) is 0 Å². The van der Waals surface area contributed by atoms with Gasteiger partial charge in [0.15, 0.2) is 5.13 Å². The quantitative estimate of drug-likeness (QED) is 0.802. The van der Waals surface area contributed by atoms with Gasteiger partial charge in [-0.15, -0.1) is 5.10 Å². The van der Waals surface area contributed by atoms with E-state index in [4.69, 9.17) is 0 Å². The lowest BCUT2D eigenvalue weighted by molar-refractivity contribution is 0.0737. The zero-order valence-electron chi connectivity index (χ0n) is 12.5. The fourth-order valence-electron chi connectivity index (χ4n) is 2.51. The number of hydrogen-bond acceptors (Lipinski definition) is 6. The van der Waals surface area contributed by atoms with Crippen LogP contribution in [-0.4, -0.2) is 38.2 Å². The first kappa shape index (κ1) is 13.7. The molecule has 1 fully saturated rings. The molecule has 0 bridgehead atoms. The molecule has 3 heterocycles. The van der Waals surface area contributed by atoms with Gasteiger partial charge in [0.05, 0.1) is 22.5 Å². The second-order valence-corrected chi connectivity index (χ2v) is 7.17. The molecule has 114 valence electrons. The SMILES string of the molecule is CC(C)(O)c1cn(C2CN(c3nc4ccccc4s3)C2)nn1. The van der Waals surface area contributed by atoms with Crippen LogP contribution < -0.4 is 4.90 Å². The van der Waals surface area contributed by atoms with Crippen LogP contribution in [0.15, 0.2) is 30.5 Å². The van der Waals surface area contributed by atoms with Gasteiger partial charge in [0.2, 0.25) is 0 Å². The van der Waals surface area contributed by atoms with Crippen LogP contribution in [0.1, 0.15) is 25.6 Å². The van der Waals surface area contributed by atoms with Crippen LogP contribution in [0.4, 0.5) is 5.13 Å². The average molecular weight is 315 g/mol. The second kappa shape index (κ2) is 4.76. The predicted molar refractivity (Wildman–Crippen MR) is 86.1 cm³/mol. The van der Waals surface area contributed by atoms with Crippen molar-refractivity contribution in [3.8, 4) is 0 Å². The minimum Gasteiger partial charge on any atom is -0.384 e. The Morgan fingerprint density at radius 1 is 1.27 bits per heavy atom. The van der Waals surface area contributed by atoms with Crippen molar-refractivity contribution in [2.75, 3.05) is 18.0 Å². The third kappa shape index (κ3) is 2.26. The molecule has 0 radical (unpaired) electrons. The Bertz CT molecular complexity index is 780. The smallest absolute Gasteiger partial charge is 0.186 e. The lowest BCUT2D eigenvalue weighted by Crippen LogP contribution is -2.48. The molecule has 0 atom stereocenters. The van der Waals surface area contributed by atoms with Gasteiger partial charge in [0.1, 0.15) is 11.3 Å². The maximum absolute atomic E-state index is 9.95. The zero-order chi connectivity index (χ0) is 15.3. The van der Waals surface area contributed by atoms with Gasteiger partial charge >= 0.3 is 0 Å². The lowest BCUT2D eigenvalue weighted by atomic mass is 10.1. The highest BCUT2D eigenvalue weighted by atomic mass is 32.1. The molecule has 3 aromatic rings. The van der Waals surface area contributed by atoms with E-state index in [9.17, 15) is 5.11 Å². The Balaban J connectivity index is 1.48. The first-order valence-electron chi connectivity index (χ1n) is 7.26. The van der Waals surface area contributed by atoms with Crippen LogP contribution in [-0.2, 0) is 5.60 Å². The van der Waals surface area contributed by atoms with Gasteiger partial charge in [-0.1, -0.05) is 28.7 Å². The Morgan fingerprint density at radius 3 is 2.73 bits per heavy atom. The van der Waals surface area contributed by atoms with Crippen molar-refractivity contribution in [1.82, 2.24) is 20.0 Å². The number of aromatic nitrogens is 4. The molecule has 1 aliphatic heterocycles. The summed E-state index contributed by atoms with van der Waals surface area (Å²) < 4.78 is 3.06. The first-order chi connectivity index (χ1) is 10.5. The maximum atomic E-state index is 9.95. The number of hydrogen-bond donors (Lipinski definition) is 1. The summed E-state index contributed by atoms with van der Waals surface area (Å²) in [5.41, 5.74) is 0.705. The Morgan fingerprint density at radius 2 is 2.05 bits per heavy atom. The third-order valence-corrected chi connectivity index (χ3v) is 5.02. The standard InChI is InChI=1S/C15H17N5OS/c1-15(2,21)13-9-20(18-17-13)10-7-19(8-10)14-16-11-5-3-4-6-12(11)22-14/h3-6,9-10,21H,7-8H2,1-2H3. The van der Waals surface area contributed by atoms with Crippen molar-refractivity contribution in [1.29, 1.82) is 0 Å². The number of benzene rings is 1. The highest BCUT2D eigenvalue weighted by molar-refractivity contribution is 7.22. The fourth-order valence-corrected chi connectivity index (χ4v) is 3.49. The first-order valence-corrected chi connectivity index (χ1v) is 8.07. The molecule has 1 aromatic carbocycles. The summed E-state index contributed by atoms with van der Waals surface area (Å²) in [5, 5.41) is 19.2. The van der Waals surface area contributed by atoms with Crippen molar-refractivity contribution in [2.24, 2.45) is 0 Å². The number of para-hydroxylation sites is 1. The van der Waals surface area contributed by atoms with Crippen LogP contribution in [0.3, 0.4) is 0 Å². The number of rotatable bonds is 3. The van der Waals surface area contributed by atoms with E-state index < -0.39 is 5.60 Å². The topological polar surface area (TPSA) is 67.1 Å². The monoisotopic (exact) mass is 315 g/mol. The molecule has 0 aliphatic carbocycles. The molecular weight excluding hydrogens is 298 g/mol. The summed E-state index contributed by atoms with van der Waals surface area (Å²) in [7, 11) is 0.